The number of likely N-dealkylation sites (tertiary alicyclic amines) is 1. The van der Waals surface area contributed by atoms with Gasteiger partial charge in [0.2, 0.25) is 5.91 Å². The van der Waals surface area contributed by atoms with Crippen LogP contribution in [0.25, 0.3) is 10.2 Å². The predicted octanol–water partition coefficient (Wildman–Crippen LogP) is 4.06. The fourth-order valence-electron chi connectivity index (χ4n) is 6.73. The highest BCUT2D eigenvalue weighted by Crippen LogP contribution is 2.42. The molecule has 7 rings (SSSR count). The third-order valence-electron chi connectivity index (χ3n) is 8.93. The first kappa shape index (κ1) is 26.0. The minimum Gasteiger partial charge on any atom is -0.342 e. The highest BCUT2D eigenvalue weighted by molar-refractivity contribution is 8.00. The standard InChI is InChI=1S/C29H34N6O3S2/c1-3-4-5-17-10-20(28(38)35-23(17)25(36)33-29(35)13-39-14-29)32-24-22-19-7-6-18(27(37)34-9-8-16(2)12-34)11-21(19)40-26(22)31-15-30-24/h10,15-16,18H,3-9,11-14H2,1-2H3,(H,33,36)(H,30,31,32)/t16?,18-/m0/s1. The van der Waals surface area contributed by atoms with E-state index in [2.05, 4.69) is 34.4 Å². The number of unbranched alkanes of at least 4 members (excludes halogenated alkanes) is 1. The van der Waals surface area contributed by atoms with Crippen LogP contribution in [-0.2, 0) is 29.7 Å². The van der Waals surface area contributed by atoms with Gasteiger partial charge in [0.05, 0.1) is 5.39 Å². The number of hydrogen-bond acceptors (Lipinski definition) is 8. The van der Waals surface area contributed by atoms with Gasteiger partial charge in [-0.25, -0.2) is 9.97 Å². The topological polar surface area (TPSA) is 109 Å². The number of rotatable bonds is 6. The summed E-state index contributed by atoms with van der Waals surface area (Å²) in [4.78, 5) is 53.4. The van der Waals surface area contributed by atoms with Gasteiger partial charge in [-0.3, -0.25) is 19.0 Å². The number of nitrogens with one attached hydrogen (secondary N) is 2. The molecule has 3 aromatic heterocycles. The molecular formula is C29H34N6O3S2. The lowest BCUT2D eigenvalue weighted by atomic mass is 9.87. The van der Waals surface area contributed by atoms with Crippen molar-refractivity contribution in [3.8, 4) is 0 Å². The summed E-state index contributed by atoms with van der Waals surface area (Å²) in [7, 11) is 0. The number of fused-ring (bicyclic) bond motifs is 5. The number of aromatic nitrogens is 3. The molecule has 2 fully saturated rings. The third kappa shape index (κ3) is 4.07. The Kier molecular flexibility index (Phi) is 6.42. The summed E-state index contributed by atoms with van der Waals surface area (Å²) < 4.78 is 1.70. The minimum atomic E-state index is -0.635. The monoisotopic (exact) mass is 578 g/mol. The second-order valence-electron chi connectivity index (χ2n) is 11.8. The first-order chi connectivity index (χ1) is 19.4. The maximum atomic E-state index is 13.9. The summed E-state index contributed by atoms with van der Waals surface area (Å²) >= 11 is 3.37. The minimum absolute atomic E-state index is 0.0132. The van der Waals surface area contributed by atoms with Crippen LogP contribution >= 0.6 is 23.1 Å². The van der Waals surface area contributed by atoms with E-state index >= 15 is 0 Å². The summed E-state index contributed by atoms with van der Waals surface area (Å²) in [6.45, 7) is 6.07. The maximum absolute atomic E-state index is 13.9. The zero-order chi connectivity index (χ0) is 27.6. The quantitative estimate of drug-likeness (QED) is 0.454. The molecule has 0 aromatic carbocycles. The molecule has 2 N–H and O–H groups in total. The molecule has 1 spiro atoms. The smallest absolute Gasteiger partial charge is 0.276 e. The van der Waals surface area contributed by atoms with Crippen LogP contribution in [-0.4, -0.2) is 55.8 Å². The van der Waals surface area contributed by atoms with Crippen molar-refractivity contribution in [2.24, 2.45) is 11.8 Å². The average Bonchev–Trinajstić information content (AvgIpc) is 3.62. The van der Waals surface area contributed by atoms with Gasteiger partial charge < -0.3 is 15.5 Å². The molecule has 11 heteroatoms. The van der Waals surface area contributed by atoms with E-state index in [0.717, 1.165) is 73.8 Å². The van der Waals surface area contributed by atoms with E-state index in [1.165, 1.54) is 10.4 Å². The van der Waals surface area contributed by atoms with Gasteiger partial charge in [0.25, 0.3) is 11.5 Å². The lowest BCUT2D eigenvalue weighted by molar-refractivity contribution is -0.134. The number of carbonyl (C=O) groups is 2. The van der Waals surface area contributed by atoms with Crippen molar-refractivity contribution in [3.63, 3.8) is 0 Å². The van der Waals surface area contributed by atoms with Crippen LogP contribution in [0.3, 0.4) is 0 Å². The molecule has 0 radical (unpaired) electrons. The average molecular weight is 579 g/mol. The predicted molar refractivity (Wildman–Crippen MR) is 159 cm³/mol. The van der Waals surface area contributed by atoms with Crippen LogP contribution in [0.4, 0.5) is 11.5 Å². The lowest BCUT2D eigenvalue weighted by Crippen LogP contribution is -2.57. The summed E-state index contributed by atoms with van der Waals surface area (Å²) in [5.74, 6) is 2.72. The molecule has 0 bridgehead atoms. The largest absolute Gasteiger partial charge is 0.342 e. The van der Waals surface area contributed by atoms with Crippen LogP contribution in [0.1, 0.15) is 66.0 Å². The van der Waals surface area contributed by atoms with E-state index in [9.17, 15) is 14.4 Å². The SMILES string of the molecule is CCCCc1cc(Nc2ncnc3sc4c(c23)CC[C@H](C(=O)N2CCC(C)C2)C4)c(=O)n2c1C(=O)NC21CSC1. The third-order valence-corrected chi connectivity index (χ3v) is 11.5. The Bertz CT molecular complexity index is 1590. The van der Waals surface area contributed by atoms with Crippen molar-refractivity contribution in [1.82, 2.24) is 24.8 Å². The van der Waals surface area contributed by atoms with Crippen molar-refractivity contribution in [3.05, 3.63) is 44.4 Å². The fraction of sp³-hybridized carbons (Fsp3) is 0.552. The number of amides is 2. The zero-order valence-electron chi connectivity index (χ0n) is 22.9. The molecule has 40 heavy (non-hydrogen) atoms. The van der Waals surface area contributed by atoms with Crippen LogP contribution in [0, 0.1) is 11.8 Å². The van der Waals surface area contributed by atoms with E-state index in [1.807, 2.05) is 11.0 Å². The van der Waals surface area contributed by atoms with E-state index in [-0.39, 0.29) is 23.3 Å². The van der Waals surface area contributed by atoms with Crippen molar-refractivity contribution >= 4 is 56.6 Å². The van der Waals surface area contributed by atoms with Gasteiger partial charge in [-0.1, -0.05) is 20.3 Å². The summed E-state index contributed by atoms with van der Waals surface area (Å²) in [6.07, 6.45) is 7.63. The van der Waals surface area contributed by atoms with Gasteiger partial charge in [-0.05, 0) is 61.6 Å². The highest BCUT2D eigenvalue weighted by Gasteiger charge is 2.50. The Labute approximate surface area is 241 Å². The van der Waals surface area contributed by atoms with Gasteiger partial charge in [0.1, 0.15) is 34.0 Å². The Morgan fingerprint density at radius 3 is 2.83 bits per heavy atom. The number of thioether (sulfide) groups is 1. The molecule has 4 aliphatic rings. The molecule has 210 valence electrons. The Morgan fingerprint density at radius 1 is 1.25 bits per heavy atom. The van der Waals surface area contributed by atoms with Gasteiger partial charge in [0, 0.05) is 35.4 Å². The number of carbonyl (C=O) groups excluding carboxylic acids is 2. The Morgan fingerprint density at radius 2 is 2.10 bits per heavy atom. The van der Waals surface area contributed by atoms with Crippen molar-refractivity contribution < 1.29 is 9.59 Å². The highest BCUT2D eigenvalue weighted by atomic mass is 32.2. The summed E-state index contributed by atoms with van der Waals surface area (Å²) in [6, 6.07) is 1.85. The summed E-state index contributed by atoms with van der Waals surface area (Å²) in [5.41, 5.74) is 2.20. The first-order valence-electron chi connectivity index (χ1n) is 14.4. The second-order valence-corrected chi connectivity index (χ2v) is 13.9. The van der Waals surface area contributed by atoms with Gasteiger partial charge in [-0.15, -0.1) is 11.3 Å². The normalized spacial score (nSPS) is 22.8. The molecule has 9 nitrogen and oxygen atoms in total. The number of thiophene rings is 1. The van der Waals surface area contributed by atoms with Gasteiger partial charge in [-0.2, -0.15) is 11.8 Å². The second kappa shape index (κ2) is 9.87. The molecule has 3 aromatic rings. The number of pyridine rings is 1. The van der Waals surface area contributed by atoms with E-state index in [1.54, 1.807) is 34.0 Å². The van der Waals surface area contributed by atoms with Crippen LogP contribution in [0.15, 0.2) is 17.2 Å². The summed E-state index contributed by atoms with van der Waals surface area (Å²) in [5, 5.41) is 7.44. The van der Waals surface area contributed by atoms with E-state index in [0.29, 0.717) is 34.6 Å². The van der Waals surface area contributed by atoms with Gasteiger partial charge >= 0.3 is 0 Å². The number of hydrogen-bond donors (Lipinski definition) is 2. The van der Waals surface area contributed by atoms with E-state index < -0.39 is 5.66 Å². The van der Waals surface area contributed by atoms with Crippen molar-refractivity contribution in [1.29, 1.82) is 0 Å². The van der Waals surface area contributed by atoms with Gasteiger partial charge in [0.15, 0.2) is 0 Å². The Balaban J connectivity index is 1.24. The molecule has 2 atom stereocenters. The Hall–Kier alpha value is -2.92. The fourth-order valence-corrected chi connectivity index (χ4v) is 8.99. The molecular weight excluding hydrogens is 544 g/mol. The lowest BCUT2D eigenvalue weighted by Gasteiger charge is -2.39. The maximum Gasteiger partial charge on any atom is 0.276 e. The molecule has 1 aliphatic carbocycles. The number of anilines is 2. The molecule has 2 amide bonds. The van der Waals surface area contributed by atoms with Crippen LogP contribution in [0.5, 0.6) is 0 Å². The number of nitrogens with zero attached hydrogens (tertiary/aromatic N) is 4. The zero-order valence-corrected chi connectivity index (χ0v) is 24.6. The van der Waals surface area contributed by atoms with Crippen LogP contribution in [0.2, 0.25) is 0 Å². The molecule has 1 unspecified atom stereocenters. The van der Waals surface area contributed by atoms with Crippen molar-refractivity contribution in [2.45, 2.75) is 64.5 Å². The van der Waals surface area contributed by atoms with Crippen molar-refractivity contribution in [2.75, 3.05) is 29.9 Å². The molecule has 0 saturated carbocycles. The molecule has 6 heterocycles. The van der Waals surface area contributed by atoms with E-state index in [4.69, 9.17) is 0 Å². The molecule has 2 saturated heterocycles. The number of aryl methyl sites for hydroxylation is 2. The van der Waals surface area contributed by atoms with Crippen LogP contribution < -0.4 is 16.2 Å². The first-order valence-corrected chi connectivity index (χ1v) is 16.4. The molecule has 3 aliphatic heterocycles.